The zero-order chi connectivity index (χ0) is 13.4. The second-order valence-electron chi connectivity index (χ2n) is 4.03. The van der Waals surface area contributed by atoms with E-state index >= 15 is 0 Å². The van der Waals surface area contributed by atoms with Crippen LogP contribution in [0.25, 0.3) is 0 Å². The summed E-state index contributed by atoms with van der Waals surface area (Å²) in [6, 6.07) is -0.450. The largest absolute Gasteiger partial charge is 0.480 e. The minimum absolute atomic E-state index is 0.00270. The van der Waals surface area contributed by atoms with E-state index in [0.717, 1.165) is 0 Å². The van der Waals surface area contributed by atoms with Crippen molar-refractivity contribution in [2.45, 2.75) is 26.8 Å². The van der Waals surface area contributed by atoms with Crippen LogP contribution in [-0.4, -0.2) is 42.1 Å². The normalized spacial score (nSPS) is 11.8. The number of amides is 3. The first kappa shape index (κ1) is 15.2. The summed E-state index contributed by atoms with van der Waals surface area (Å²) >= 11 is 0. The summed E-state index contributed by atoms with van der Waals surface area (Å²) in [4.78, 5) is 32.5. The lowest BCUT2D eigenvalue weighted by Crippen LogP contribution is -2.46. The van der Waals surface area contributed by atoms with E-state index in [1.807, 2.05) is 20.8 Å². The lowest BCUT2D eigenvalue weighted by atomic mass is 10.1. The third-order valence-electron chi connectivity index (χ3n) is 2.21. The van der Waals surface area contributed by atoms with Crippen LogP contribution in [0.3, 0.4) is 0 Å². The summed E-state index contributed by atoms with van der Waals surface area (Å²) in [7, 11) is 0. The second kappa shape index (κ2) is 7.48. The summed E-state index contributed by atoms with van der Waals surface area (Å²) in [6.45, 7) is 5.08. The highest BCUT2D eigenvalue weighted by Crippen LogP contribution is 1.98. The lowest BCUT2D eigenvalue weighted by Gasteiger charge is -2.17. The van der Waals surface area contributed by atoms with Crippen LogP contribution in [0.1, 0.15) is 20.8 Å². The number of carbonyl (C=O) groups excluding carboxylic acids is 2. The summed E-state index contributed by atoms with van der Waals surface area (Å²) < 4.78 is 0. The van der Waals surface area contributed by atoms with Crippen LogP contribution in [0.4, 0.5) is 4.79 Å². The molecule has 0 heterocycles. The molecule has 0 aromatic heterocycles. The fraction of sp³-hybridized carbons (Fsp3) is 0.700. The van der Waals surface area contributed by atoms with Crippen molar-refractivity contribution in [3.05, 3.63) is 0 Å². The Bertz CT molecular complexity index is 291. The van der Waals surface area contributed by atoms with Gasteiger partial charge in [-0.15, -0.1) is 0 Å². The highest BCUT2D eigenvalue weighted by molar-refractivity contribution is 5.86. The Morgan fingerprint density at radius 2 is 1.65 bits per heavy atom. The smallest absolute Gasteiger partial charge is 0.322 e. The van der Waals surface area contributed by atoms with Crippen molar-refractivity contribution >= 4 is 17.9 Å². The summed E-state index contributed by atoms with van der Waals surface area (Å²) in [5.74, 6) is -1.38. The Labute approximate surface area is 100.0 Å². The molecule has 0 bridgehead atoms. The molecule has 7 nitrogen and oxygen atoms in total. The number of hydrogen-bond acceptors (Lipinski definition) is 3. The molecule has 3 amide bonds. The fourth-order valence-corrected chi connectivity index (χ4v) is 0.822. The number of rotatable bonds is 6. The Balaban J connectivity index is 3.76. The highest BCUT2D eigenvalue weighted by Gasteiger charge is 2.11. The van der Waals surface area contributed by atoms with Crippen LogP contribution in [0.15, 0.2) is 0 Å². The van der Waals surface area contributed by atoms with Crippen LogP contribution < -0.4 is 16.0 Å². The summed E-state index contributed by atoms with van der Waals surface area (Å²) in [5.41, 5.74) is 0. The van der Waals surface area contributed by atoms with Gasteiger partial charge in [-0.25, -0.2) is 4.79 Å². The van der Waals surface area contributed by atoms with E-state index in [-0.39, 0.29) is 12.6 Å². The first-order valence-corrected chi connectivity index (χ1v) is 5.35. The van der Waals surface area contributed by atoms with Crippen molar-refractivity contribution < 1.29 is 19.5 Å². The Hall–Kier alpha value is -1.79. The first-order valence-electron chi connectivity index (χ1n) is 5.35. The van der Waals surface area contributed by atoms with Gasteiger partial charge in [-0.2, -0.15) is 0 Å². The minimum Gasteiger partial charge on any atom is -0.480 e. The molecule has 4 N–H and O–H groups in total. The monoisotopic (exact) mass is 245 g/mol. The van der Waals surface area contributed by atoms with Crippen molar-refractivity contribution in [3.8, 4) is 0 Å². The molecule has 0 fully saturated rings. The lowest BCUT2D eigenvalue weighted by molar-refractivity contribution is -0.137. The van der Waals surface area contributed by atoms with E-state index in [2.05, 4.69) is 16.0 Å². The molecule has 0 rings (SSSR count). The molecule has 0 aliphatic heterocycles. The number of nitrogens with one attached hydrogen (secondary N) is 3. The molecular weight excluding hydrogens is 226 g/mol. The number of urea groups is 1. The molecule has 0 aliphatic carbocycles. The summed E-state index contributed by atoms with van der Waals surface area (Å²) in [6.07, 6.45) is 0. The van der Waals surface area contributed by atoms with Crippen molar-refractivity contribution in [3.63, 3.8) is 0 Å². The van der Waals surface area contributed by atoms with Crippen molar-refractivity contribution in [1.82, 2.24) is 16.0 Å². The van der Waals surface area contributed by atoms with Crippen LogP contribution in [-0.2, 0) is 9.59 Å². The van der Waals surface area contributed by atoms with Gasteiger partial charge < -0.3 is 21.1 Å². The third kappa shape index (κ3) is 8.06. The van der Waals surface area contributed by atoms with Crippen LogP contribution in [0, 0.1) is 5.92 Å². The molecule has 0 aliphatic rings. The number of carboxylic acid groups (broad SMARTS) is 1. The van der Waals surface area contributed by atoms with E-state index in [0.29, 0.717) is 5.92 Å². The standard InChI is InChI=1S/C10H19N3O4/c1-6(2)7(3)13-10(17)12-4-8(14)11-5-9(15)16/h6-7H,4-5H2,1-3H3,(H,11,14)(H,15,16)(H2,12,13,17). The van der Waals surface area contributed by atoms with Gasteiger partial charge in [-0.05, 0) is 12.8 Å². The van der Waals surface area contributed by atoms with Crippen molar-refractivity contribution in [2.24, 2.45) is 5.92 Å². The highest BCUT2D eigenvalue weighted by atomic mass is 16.4. The number of carbonyl (C=O) groups is 3. The van der Waals surface area contributed by atoms with Gasteiger partial charge in [0.15, 0.2) is 0 Å². The second-order valence-corrected chi connectivity index (χ2v) is 4.03. The molecule has 0 aromatic carbocycles. The predicted molar refractivity (Wildman–Crippen MR) is 61.5 cm³/mol. The Morgan fingerprint density at radius 3 is 2.12 bits per heavy atom. The van der Waals surface area contributed by atoms with Crippen LogP contribution in [0.2, 0.25) is 0 Å². The van der Waals surface area contributed by atoms with Gasteiger partial charge in [0.2, 0.25) is 5.91 Å². The van der Waals surface area contributed by atoms with E-state index in [9.17, 15) is 14.4 Å². The van der Waals surface area contributed by atoms with E-state index in [4.69, 9.17) is 5.11 Å². The van der Waals surface area contributed by atoms with Gasteiger partial charge in [0.1, 0.15) is 6.54 Å². The zero-order valence-electron chi connectivity index (χ0n) is 10.2. The quantitative estimate of drug-likeness (QED) is 0.507. The molecule has 98 valence electrons. The van der Waals surface area contributed by atoms with Gasteiger partial charge in [-0.1, -0.05) is 13.8 Å². The van der Waals surface area contributed by atoms with Gasteiger partial charge in [0, 0.05) is 6.04 Å². The average molecular weight is 245 g/mol. The predicted octanol–water partition coefficient (Wildman–Crippen LogP) is -0.469. The molecule has 0 radical (unpaired) electrons. The molecular formula is C10H19N3O4. The number of aliphatic carboxylic acids is 1. The maximum atomic E-state index is 11.3. The fourth-order valence-electron chi connectivity index (χ4n) is 0.822. The van der Waals surface area contributed by atoms with Gasteiger partial charge >= 0.3 is 12.0 Å². The van der Waals surface area contributed by atoms with E-state index < -0.39 is 24.5 Å². The third-order valence-corrected chi connectivity index (χ3v) is 2.21. The molecule has 0 spiro atoms. The topological polar surface area (TPSA) is 108 Å². The van der Waals surface area contributed by atoms with E-state index in [1.165, 1.54) is 0 Å². The Morgan fingerprint density at radius 1 is 1.06 bits per heavy atom. The van der Waals surface area contributed by atoms with Crippen molar-refractivity contribution in [1.29, 1.82) is 0 Å². The summed E-state index contributed by atoms with van der Waals surface area (Å²) in [5, 5.41) is 15.4. The maximum Gasteiger partial charge on any atom is 0.322 e. The first-order chi connectivity index (χ1) is 7.82. The van der Waals surface area contributed by atoms with Crippen LogP contribution >= 0.6 is 0 Å². The van der Waals surface area contributed by atoms with Crippen LogP contribution in [0.5, 0.6) is 0 Å². The SMILES string of the molecule is CC(C)C(C)NC(=O)NCC(=O)NCC(=O)O. The number of hydrogen-bond donors (Lipinski definition) is 4. The van der Waals surface area contributed by atoms with Gasteiger partial charge in [-0.3, -0.25) is 9.59 Å². The molecule has 0 saturated heterocycles. The van der Waals surface area contributed by atoms with Gasteiger partial charge in [0.25, 0.3) is 0 Å². The zero-order valence-corrected chi connectivity index (χ0v) is 10.2. The van der Waals surface area contributed by atoms with Crippen molar-refractivity contribution in [2.75, 3.05) is 13.1 Å². The minimum atomic E-state index is -1.13. The van der Waals surface area contributed by atoms with E-state index in [1.54, 1.807) is 0 Å². The molecule has 1 unspecified atom stereocenters. The molecule has 0 aromatic rings. The molecule has 1 atom stereocenters. The molecule has 17 heavy (non-hydrogen) atoms. The maximum absolute atomic E-state index is 11.3. The van der Waals surface area contributed by atoms with Gasteiger partial charge in [0.05, 0.1) is 6.54 Å². The molecule has 7 heteroatoms. The average Bonchev–Trinajstić information content (AvgIpc) is 2.23. The molecule has 0 saturated carbocycles. The number of carboxylic acids is 1. The Kier molecular flexibility index (Phi) is 6.69.